The summed E-state index contributed by atoms with van der Waals surface area (Å²) in [6.45, 7) is 1.60. The molecule has 174 valence electrons. The number of pyridine rings is 2. The topological polar surface area (TPSA) is 124 Å². The third kappa shape index (κ3) is 6.10. The zero-order valence-corrected chi connectivity index (χ0v) is 19.0. The van der Waals surface area contributed by atoms with Crippen LogP contribution in [0.3, 0.4) is 0 Å². The number of benzene rings is 2. The second-order valence-electron chi connectivity index (χ2n) is 7.53. The lowest BCUT2D eigenvalue weighted by molar-refractivity contribution is 0.273. The standard InChI is InChI=1S/C25H27N7O2/c1-28-31-32(12-2-14-33-20-6-8-22-18(16-20)4-10-24(26)29-22)13-3-15-34-21-7-9-23-19(17-21)5-11-25(27)30-23/h2,4-12,16-17H,3,13-15H2,1H3,(H2,26,29)(H2,27,30)/b12-2+,31-28?. The maximum atomic E-state index is 5.88. The number of ether oxygens (including phenoxy) is 2. The lowest BCUT2D eigenvalue weighted by atomic mass is 10.2. The minimum Gasteiger partial charge on any atom is -0.494 e. The van der Waals surface area contributed by atoms with Crippen molar-refractivity contribution in [3.8, 4) is 11.5 Å². The average molecular weight is 458 g/mol. The van der Waals surface area contributed by atoms with Gasteiger partial charge in [0, 0.05) is 29.9 Å². The van der Waals surface area contributed by atoms with Crippen molar-refractivity contribution in [3.63, 3.8) is 0 Å². The number of rotatable bonds is 10. The summed E-state index contributed by atoms with van der Waals surface area (Å²) in [6.07, 6.45) is 4.51. The quantitative estimate of drug-likeness (QED) is 0.202. The van der Waals surface area contributed by atoms with Gasteiger partial charge in [-0.25, -0.2) is 9.97 Å². The van der Waals surface area contributed by atoms with Gasteiger partial charge >= 0.3 is 0 Å². The van der Waals surface area contributed by atoms with Crippen molar-refractivity contribution < 1.29 is 9.47 Å². The predicted octanol–water partition coefficient (Wildman–Crippen LogP) is 4.61. The molecule has 2 aromatic heterocycles. The van der Waals surface area contributed by atoms with Crippen LogP contribution >= 0.6 is 0 Å². The van der Waals surface area contributed by atoms with Crippen LogP contribution in [-0.2, 0) is 0 Å². The molecule has 2 aromatic carbocycles. The first-order chi connectivity index (χ1) is 16.6. The molecule has 0 atom stereocenters. The number of anilines is 2. The van der Waals surface area contributed by atoms with Crippen molar-refractivity contribution in [2.24, 2.45) is 10.3 Å². The summed E-state index contributed by atoms with van der Waals surface area (Å²) >= 11 is 0. The van der Waals surface area contributed by atoms with E-state index in [-0.39, 0.29) is 0 Å². The van der Waals surface area contributed by atoms with E-state index in [0.717, 1.165) is 39.7 Å². The molecule has 0 unspecified atom stereocenters. The number of fused-ring (bicyclic) bond motifs is 2. The molecule has 0 saturated heterocycles. The van der Waals surface area contributed by atoms with Gasteiger partial charge in [-0.1, -0.05) is 5.22 Å². The minimum absolute atomic E-state index is 0.399. The largest absolute Gasteiger partial charge is 0.494 e. The van der Waals surface area contributed by atoms with Gasteiger partial charge in [0.2, 0.25) is 0 Å². The van der Waals surface area contributed by atoms with Gasteiger partial charge < -0.3 is 20.9 Å². The van der Waals surface area contributed by atoms with Crippen molar-refractivity contribution in [1.29, 1.82) is 0 Å². The smallest absolute Gasteiger partial charge is 0.124 e. The number of nitrogen functional groups attached to an aromatic ring is 2. The van der Waals surface area contributed by atoms with Crippen LogP contribution in [0, 0.1) is 0 Å². The number of nitrogens with two attached hydrogens (primary N) is 2. The van der Waals surface area contributed by atoms with Crippen LogP contribution in [0.4, 0.5) is 11.6 Å². The lowest BCUT2D eigenvalue weighted by Gasteiger charge is -2.13. The van der Waals surface area contributed by atoms with Gasteiger partial charge in [0.1, 0.15) is 29.7 Å². The summed E-state index contributed by atoms with van der Waals surface area (Å²) in [5.74, 6) is 2.55. The molecule has 0 aliphatic carbocycles. The molecular weight excluding hydrogens is 430 g/mol. The molecule has 0 amide bonds. The third-order valence-corrected chi connectivity index (χ3v) is 4.99. The van der Waals surface area contributed by atoms with Crippen molar-refractivity contribution in [1.82, 2.24) is 15.0 Å². The fraction of sp³-hybridized carbons (Fsp3) is 0.200. The van der Waals surface area contributed by atoms with Gasteiger partial charge in [0.15, 0.2) is 0 Å². The minimum atomic E-state index is 0.399. The van der Waals surface area contributed by atoms with Crippen molar-refractivity contribution in [2.75, 3.05) is 38.3 Å². The van der Waals surface area contributed by atoms with E-state index in [4.69, 9.17) is 20.9 Å². The van der Waals surface area contributed by atoms with E-state index in [0.29, 0.717) is 31.4 Å². The molecule has 9 nitrogen and oxygen atoms in total. The Labute approximate surface area is 197 Å². The third-order valence-electron chi connectivity index (χ3n) is 4.99. The Morgan fingerprint density at radius 1 is 0.853 bits per heavy atom. The van der Waals surface area contributed by atoms with Crippen LogP contribution < -0.4 is 20.9 Å². The van der Waals surface area contributed by atoms with E-state index in [1.54, 1.807) is 24.2 Å². The highest BCUT2D eigenvalue weighted by atomic mass is 16.5. The second kappa shape index (κ2) is 11.0. The molecule has 0 aliphatic rings. The van der Waals surface area contributed by atoms with E-state index < -0.39 is 0 Å². The molecule has 2 heterocycles. The fourth-order valence-electron chi connectivity index (χ4n) is 3.41. The van der Waals surface area contributed by atoms with Gasteiger partial charge in [0.25, 0.3) is 0 Å². The maximum Gasteiger partial charge on any atom is 0.124 e. The Balaban J connectivity index is 1.24. The van der Waals surface area contributed by atoms with Gasteiger partial charge in [-0.3, -0.25) is 5.01 Å². The summed E-state index contributed by atoms with van der Waals surface area (Å²) < 4.78 is 11.7. The van der Waals surface area contributed by atoms with Gasteiger partial charge in [-0.2, -0.15) is 5.11 Å². The average Bonchev–Trinajstić information content (AvgIpc) is 2.84. The highest BCUT2D eigenvalue weighted by Gasteiger charge is 2.02. The molecule has 4 rings (SSSR count). The van der Waals surface area contributed by atoms with Crippen LogP contribution in [0.5, 0.6) is 11.5 Å². The van der Waals surface area contributed by atoms with E-state index in [1.165, 1.54) is 0 Å². The second-order valence-corrected chi connectivity index (χ2v) is 7.53. The van der Waals surface area contributed by atoms with Gasteiger partial charge in [-0.05, 0) is 66.7 Å². The fourth-order valence-corrected chi connectivity index (χ4v) is 3.41. The molecule has 4 aromatic rings. The van der Waals surface area contributed by atoms with E-state index >= 15 is 0 Å². The first-order valence-corrected chi connectivity index (χ1v) is 10.9. The number of nitrogens with zero attached hydrogens (tertiary/aromatic N) is 5. The number of hydrogen-bond donors (Lipinski definition) is 2. The van der Waals surface area contributed by atoms with E-state index in [2.05, 4.69) is 20.3 Å². The van der Waals surface area contributed by atoms with Crippen molar-refractivity contribution in [2.45, 2.75) is 6.42 Å². The zero-order chi connectivity index (χ0) is 23.8. The predicted molar refractivity (Wildman–Crippen MR) is 135 cm³/mol. The highest BCUT2D eigenvalue weighted by Crippen LogP contribution is 2.21. The zero-order valence-electron chi connectivity index (χ0n) is 19.0. The Hall–Kier alpha value is -4.40. The molecule has 0 bridgehead atoms. The van der Waals surface area contributed by atoms with Crippen LogP contribution in [0.2, 0.25) is 0 Å². The van der Waals surface area contributed by atoms with E-state index in [1.807, 2.05) is 60.8 Å². The Kier molecular flexibility index (Phi) is 7.34. The molecule has 0 saturated carbocycles. The molecule has 34 heavy (non-hydrogen) atoms. The summed E-state index contributed by atoms with van der Waals surface area (Å²) in [7, 11) is 1.64. The maximum absolute atomic E-state index is 5.88. The first-order valence-electron chi connectivity index (χ1n) is 10.9. The molecule has 0 spiro atoms. The number of hydrogen-bond acceptors (Lipinski definition) is 8. The Bertz CT molecular complexity index is 1320. The number of aromatic nitrogens is 2. The first kappa shape index (κ1) is 22.8. The lowest BCUT2D eigenvalue weighted by Crippen LogP contribution is -2.14. The van der Waals surface area contributed by atoms with Crippen LogP contribution in [0.25, 0.3) is 21.8 Å². The SMILES string of the molecule is CN=NN(/C=C/COc1ccc2nc(N)ccc2c1)CCCOc1ccc2nc(N)ccc2c1. The molecule has 0 fully saturated rings. The normalized spacial score (nSPS) is 11.6. The molecule has 4 N–H and O–H groups in total. The van der Waals surface area contributed by atoms with Crippen molar-refractivity contribution >= 4 is 33.4 Å². The van der Waals surface area contributed by atoms with Crippen LogP contribution in [0.15, 0.2) is 83.3 Å². The summed E-state index contributed by atoms with van der Waals surface area (Å²) in [5, 5.41) is 11.7. The molecule has 9 heteroatoms. The summed E-state index contributed by atoms with van der Waals surface area (Å²) in [4.78, 5) is 8.59. The summed E-state index contributed by atoms with van der Waals surface area (Å²) in [5.41, 5.74) is 13.1. The Morgan fingerprint density at radius 3 is 2.09 bits per heavy atom. The van der Waals surface area contributed by atoms with Gasteiger partial charge in [-0.15, -0.1) is 0 Å². The molecule has 0 radical (unpaired) electrons. The molecular formula is C25H27N7O2. The highest BCUT2D eigenvalue weighted by molar-refractivity contribution is 5.82. The monoisotopic (exact) mass is 457 g/mol. The van der Waals surface area contributed by atoms with Gasteiger partial charge in [0.05, 0.1) is 24.7 Å². The van der Waals surface area contributed by atoms with Crippen LogP contribution in [-0.4, -0.2) is 41.8 Å². The summed E-state index contributed by atoms with van der Waals surface area (Å²) in [6, 6.07) is 18.9. The van der Waals surface area contributed by atoms with E-state index in [9.17, 15) is 0 Å². The van der Waals surface area contributed by atoms with Crippen molar-refractivity contribution in [3.05, 3.63) is 72.9 Å². The van der Waals surface area contributed by atoms with Crippen LogP contribution in [0.1, 0.15) is 6.42 Å². The Morgan fingerprint density at radius 2 is 1.47 bits per heavy atom. The molecule has 0 aliphatic heterocycles.